The molecule has 1 aliphatic heterocycles. The van der Waals surface area contributed by atoms with Crippen LogP contribution in [-0.2, 0) is 14.8 Å². The Hall–Kier alpha value is -2.38. The van der Waals surface area contributed by atoms with Crippen LogP contribution in [0.2, 0.25) is 0 Å². The normalized spacial score (nSPS) is 15.6. The van der Waals surface area contributed by atoms with E-state index in [9.17, 15) is 13.2 Å². The minimum Gasteiger partial charge on any atom is -0.496 e. The number of carbonyl (C=O) groups excluding carboxylic acids is 1. The minimum atomic E-state index is -3.73. The predicted octanol–water partition coefficient (Wildman–Crippen LogP) is 4.60. The third-order valence-corrected chi connectivity index (χ3v) is 7.42. The summed E-state index contributed by atoms with van der Waals surface area (Å²) >= 11 is 0. The van der Waals surface area contributed by atoms with Crippen molar-refractivity contribution in [1.82, 2.24) is 4.72 Å². The maximum absolute atomic E-state index is 13.1. The quantitative estimate of drug-likeness (QED) is 0.677. The van der Waals surface area contributed by atoms with Crippen molar-refractivity contribution >= 4 is 21.6 Å². The summed E-state index contributed by atoms with van der Waals surface area (Å²) in [6.45, 7) is 10.5. The van der Waals surface area contributed by atoms with E-state index in [0.717, 1.165) is 40.1 Å². The number of nitrogens with one attached hydrogen (secondary N) is 1. The molecule has 2 aromatic rings. The van der Waals surface area contributed by atoms with Crippen LogP contribution in [0, 0.1) is 13.8 Å². The number of aryl methyl sites for hydroxylation is 2. The zero-order valence-electron chi connectivity index (χ0n) is 19.2. The van der Waals surface area contributed by atoms with Crippen molar-refractivity contribution in [3.63, 3.8) is 0 Å². The Labute approximate surface area is 185 Å². The molecule has 1 heterocycles. The van der Waals surface area contributed by atoms with Crippen LogP contribution in [0.25, 0.3) is 0 Å². The number of methoxy groups -OCH3 is 1. The van der Waals surface area contributed by atoms with Crippen LogP contribution in [0.5, 0.6) is 5.75 Å². The molecule has 0 aromatic heterocycles. The molecule has 168 valence electrons. The molecule has 1 aliphatic rings. The van der Waals surface area contributed by atoms with Gasteiger partial charge in [-0.05, 0) is 85.7 Å². The Morgan fingerprint density at radius 2 is 1.74 bits per heavy atom. The van der Waals surface area contributed by atoms with Gasteiger partial charge in [-0.3, -0.25) is 4.79 Å². The fourth-order valence-electron chi connectivity index (χ4n) is 4.18. The number of sulfonamides is 1. The van der Waals surface area contributed by atoms with Gasteiger partial charge in [-0.25, -0.2) is 13.1 Å². The molecule has 31 heavy (non-hydrogen) atoms. The summed E-state index contributed by atoms with van der Waals surface area (Å²) in [7, 11) is -2.09. The summed E-state index contributed by atoms with van der Waals surface area (Å²) in [4.78, 5) is 14.0. The van der Waals surface area contributed by atoms with Crippen molar-refractivity contribution in [3.05, 3.63) is 52.6 Å². The highest BCUT2D eigenvalue weighted by Gasteiger charge is 2.25. The number of hydrogen-bond donors (Lipinski definition) is 1. The maximum atomic E-state index is 13.1. The van der Waals surface area contributed by atoms with Gasteiger partial charge in [0, 0.05) is 24.7 Å². The van der Waals surface area contributed by atoms with Gasteiger partial charge in [-0.15, -0.1) is 0 Å². The van der Waals surface area contributed by atoms with E-state index in [0.29, 0.717) is 13.0 Å². The summed E-state index contributed by atoms with van der Waals surface area (Å²) in [6.07, 6.45) is 1.37. The predicted molar refractivity (Wildman–Crippen MR) is 123 cm³/mol. The first-order valence-electron chi connectivity index (χ1n) is 10.7. The van der Waals surface area contributed by atoms with E-state index in [1.54, 1.807) is 30.2 Å². The first-order chi connectivity index (χ1) is 14.5. The third-order valence-electron chi connectivity index (χ3n) is 5.88. The van der Waals surface area contributed by atoms with E-state index in [-0.39, 0.29) is 16.7 Å². The van der Waals surface area contributed by atoms with Crippen molar-refractivity contribution in [2.45, 2.75) is 64.3 Å². The van der Waals surface area contributed by atoms with E-state index in [1.165, 1.54) is 0 Å². The molecule has 1 atom stereocenters. The first-order valence-corrected chi connectivity index (χ1v) is 12.1. The lowest BCUT2D eigenvalue weighted by Gasteiger charge is -2.22. The molecule has 0 aliphatic carbocycles. The topological polar surface area (TPSA) is 75.7 Å². The Bertz CT molecular complexity index is 1090. The van der Waals surface area contributed by atoms with Gasteiger partial charge in [0.1, 0.15) is 5.75 Å². The highest BCUT2D eigenvalue weighted by Crippen LogP contribution is 2.33. The van der Waals surface area contributed by atoms with Crippen molar-refractivity contribution in [2.24, 2.45) is 0 Å². The molecule has 0 saturated carbocycles. The average Bonchev–Trinajstić information content (AvgIpc) is 3.12. The second-order valence-electron chi connectivity index (χ2n) is 8.55. The Morgan fingerprint density at radius 1 is 1.03 bits per heavy atom. The van der Waals surface area contributed by atoms with Crippen molar-refractivity contribution in [2.75, 3.05) is 18.6 Å². The van der Waals surface area contributed by atoms with Gasteiger partial charge in [0.15, 0.2) is 0 Å². The van der Waals surface area contributed by atoms with Crippen molar-refractivity contribution in [1.29, 1.82) is 0 Å². The molecule has 0 bridgehead atoms. The lowest BCUT2D eigenvalue weighted by atomic mass is 9.94. The van der Waals surface area contributed by atoms with E-state index >= 15 is 0 Å². The molecular weight excluding hydrogens is 412 g/mol. The van der Waals surface area contributed by atoms with Crippen LogP contribution in [0.4, 0.5) is 5.69 Å². The third kappa shape index (κ3) is 4.77. The summed E-state index contributed by atoms with van der Waals surface area (Å²) in [5, 5.41) is 0. The van der Waals surface area contributed by atoms with E-state index in [4.69, 9.17) is 4.74 Å². The smallest absolute Gasteiger partial charge is 0.241 e. The van der Waals surface area contributed by atoms with Crippen LogP contribution in [0.15, 0.2) is 35.2 Å². The number of amides is 1. The summed E-state index contributed by atoms with van der Waals surface area (Å²) < 4.78 is 34.5. The van der Waals surface area contributed by atoms with Crippen molar-refractivity contribution < 1.29 is 17.9 Å². The molecule has 3 rings (SSSR count). The van der Waals surface area contributed by atoms with Gasteiger partial charge in [0.25, 0.3) is 0 Å². The zero-order chi connectivity index (χ0) is 22.9. The van der Waals surface area contributed by atoms with Crippen LogP contribution >= 0.6 is 0 Å². The van der Waals surface area contributed by atoms with Gasteiger partial charge in [0.2, 0.25) is 15.9 Å². The van der Waals surface area contributed by atoms with Gasteiger partial charge < -0.3 is 9.64 Å². The van der Waals surface area contributed by atoms with E-state index < -0.39 is 16.1 Å². The van der Waals surface area contributed by atoms with Crippen LogP contribution < -0.4 is 14.4 Å². The second-order valence-corrected chi connectivity index (χ2v) is 10.3. The molecule has 1 saturated heterocycles. The number of rotatable bonds is 7. The molecule has 0 spiro atoms. The second kappa shape index (κ2) is 9.01. The molecule has 7 heteroatoms. The lowest BCUT2D eigenvalue weighted by Crippen LogP contribution is -2.28. The molecule has 1 amide bonds. The molecule has 0 radical (unpaired) electrons. The largest absolute Gasteiger partial charge is 0.496 e. The molecule has 1 N–H and O–H groups in total. The van der Waals surface area contributed by atoms with Crippen LogP contribution in [-0.4, -0.2) is 28.0 Å². The average molecular weight is 445 g/mol. The summed E-state index contributed by atoms with van der Waals surface area (Å²) in [5.41, 5.74) is 4.49. The number of anilines is 1. The van der Waals surface area contributed by atoms with Gasteiger partial charge in [0.05, 0.1) is 12.0 Å². The molecule has 6 nitrogen and oxygen atoms in total. The van der Waals surface area contributed by atoms with Crippen molar-refractivity contribution in [3.8, 4) is 5.75 Å². The first kappa shape index (κ1) is 23.3. The fourth-order valence-corrected chi connectivity index (χ4v) is 5.48. The van der Waals surface area contributed by atoms with Gasteiger partial charge in [-0.2, -0.15) is 0 Å². The van der Waals surface area contributed by atoms with E-state index in [1.807, 2.05) is 32.9 Å². The number of benzene rings is 2. The minimum absolute atomic E-state index is 0.0846. The Balaban J connectivity index is 1.88. The number of ether oxygens (including phenoxy) is 1. The SMILES string of the molecule is COc1cc(C)c(C(C)NS(=O)(=O)c2ccc(N3CCCC3=O)c(C)c2)cc1C(C)C. The maximum Gasteiger partial charge on any atom is 0.241 e. The Morgan fingerprint density at radius 3 is 2.29 bits per heavy atom. The highest BCUT2D eigenvalue weighted by molar-refractivity contribution is 7.89. The van der Waals surface area contributed by atoms with Crippen LogP contribution in [0.1, 0.15) is 67.8 Å². The highest BCUT2D eigenvalue weighted by atomic mass is 32.2. The number of carbonyl (C=O) groups is 1. The standard InChI is InChI=1S/C24H32N2O4S/c1-15(2)20-14-21(16(3)13-23(20)30-6)18(5)25-31(28,29)19-9-10-22(17(4)12-19)26-11-7-8-24(26)27/h9-10,12-15,18,25H,7-8,11H2,1-6H3. The van der Waals surface area contributed by atoms with Gasteiger partial charge >= 0.3 is 0 Å². The molecule has 2 aromatic carbocycles. The lowest BCUT2D eigenvalue weighted by molar-refractivity contribution is -0.117. The van der Waals surface area contributed by atoms with Crippen LogP contribution in [0.3, 0.4) is 0 Å². The Kier molecular flexibility index (Phi) is 6.76. The zero-order valence-corrected chi connectivity index (χ0v) is 20.0. The molecule has 1 fully saturated rings. The van der Waals surface area contributed by atoms with Gasteiger partial charge in [-0.1, -0.05) is 13.8 Å². The monoisotopic (exact) mass is 444 g/mol. The number of nitrogens with zero attached hydrogens (tertiary/aromatic N) is 1. The van der Waals surface area contributed by atoms with E-state index in [2.05, 4.69) is 18.6 Å². The summed E-state index contributed by atoms with van der Waals surface area (Å²) in [6, 6.07) is 8.52. The fraction of sp³-hybridized carbons (Fsp3) is 0.458. The number of hydrogen-bond acceptors (Lipinski definition) is 4. The summed E-state index contributed by atoms with van der Waals surface area (Å²) in [5.74, 6) is 1.15. The molecule has 1 unspecified atom stereocenters. The molecular formula is C24H32N2O4S.